The Hall–Kier alpha value is -1.20. The third-order valence-corrected chi connectivity index (χ3v) is 3.53. The normalized spacial score (nSPS) is 11.0. The van der Waals surface area contributed by atoms with Crippen LogP contribution in [-0.2, 0) is 14.3 Å². The molecular formula is C15H20ClNO3S. The fraction of sp³-hybridized carbons (Fsp3) is 0.467. The van der Waals surface area contributed by atoms with Crippen LogP contribution in [0.2, 0.25) is 5.02 Å². The van der Waals surface area contributed by atoms with E-state index in [1.807, 2.05) is 32.9 Å². The van der Waals surface area contributed by atoms with Crippen molar-refractivity contribution in [3.8, 4) is 0 Å². The molecule has 1 rings (SSSR count). The summed E-state index contributed by atoms with van der Waals surface area (Å²) in [5.41, 5.74) is -0.325. The van der Waals surface area contributed by atoms with Crippen molar-refractivity contribution < 1.29 is 14.3 Å². The number of carbonyl (C=O) groups excluding carboxylic acids is 2. The number of halogens is 1. The van der Waals surface area contributed by atoms with E-state index < -0.39 is 0 Å². The number of esters is 1. The monoisotopic (exact) mass is 329 g/mol. The molecule has 6 heteroatoms. The first-order valence-corrected chi connectivity index (χ1v) is 7.97. The lowest BCUT2D eigenvalue weighted by Gasteiger charge is -2.20. The number of hydrogen-bond donors (Lipinski definition) is 1. The molecule has 0 aromatic heterocycles. The molecule has 0 atom stereocenters. The van der Waals surface area contributed by atoms with E-state index in [4.69, 9.17) is 16.3 Å². The molecule has 1 aromatic carbocycles. The largest absolute Gasteiger partial charge is 0.456 e. The van der Waals surface area contributed by atoms with E-state index in [0.717, 1.165) is 4.90 Å². The van der Waals surface area contributed by atoms with Gasteiger partial charge in [-0.05, 0) is 45.0 Å². The number of ether oxygens (including phenoxy) is 1. The minimum absolute atomic E-state index is 0.234. The first kappa shape index (κ1) is 17.9. The molecule has 0 saturated heterocycles. The van der Waals surface area contributed by atoms with Crippen molar-refractivity contribution in [2.24, 2.45) is 0 Å². The lowest BCUT2D eigenvalue weighted by molar-refractivity contribution is -0.148. The van der Waals surface area contributed by atoms with Crippen molar-refractivity contribution >= 4 is 35.2 Å². The second-order valence-corrected chi connectivity index (χ2v) is 7.12. The Morgan fingerprint density at radius 2 is 1.86 bits per heavy atom. The van der Waals surface area contributed by atoms with Gasteiger partial charge in [0.25, 0.3) is 5.91 Å². The molecule has 0 aliphatic carbocycles. The Balaban J connectivity index is 2.19. The molecule has 116 valence electrons. The quantitative estimate of drug-likeness (QED) is 0.643. The topological polar surface area (TPSA) is 55.4 Å². The van der Waals surface area contributed by atoms with Crippen molar-refractivity contribution in [3.63, 3.8) is 0 Å². The number of thioether (sulfide) groups is 1. The predicted octanol–water partition coefficient (Wildman–Crippen LogP) is 3.28. The highest BCUT2D eigenvalue weighted by Gasteiger charge is 2.15. The van der Waals surface area contributed by atoms with Crippen molar-refractivity contribution in [1.29, 1.82) is 0 Å². The number of nitrogens with one attached hydrogen (secondary N) is 1. The minimum Gasteiger partial charge on any atom is -0.456 e. The smallest absolute Gasteiger partial charge is 0.307 e. The van der Waals surface area contributed by atoms with Crippen LogP contribution in [0.25, 0.3) is 0 Å². The Bertz CT molecular complexity index is 483. The van der Waals surface area contributed by atoms with E-state index in [0.29, 0.717) is 10.8 Å². The van der Waals surface area contributed by atoms with E-state index >= 15 is 0 Å². The average molecular weight is 330 g/mol. The SMILES string of the molecule is CC(C)(C)NC(=O)COC(=O)CCSc1ccc(Cl)cc1. The fourth-order valence-corrected chi connectivity index (χ4v) is 2.41. The molecule has 0 aliphatic heterocycles. The van der Waals surface area contributed by atoms with Gasteiger partial charge in [0.05, 0.1) is 6.42 Å². The molecule has 0 unspecified atom stereocenters. The maximum atomic E-state index is 11.5. The third-order valence-electron chi connectivity index (χ3n) is 2.27. The van der Waals surface area contributed by atoms with Gasteiger partial charge in [0.1, 0.15) is 0 Å². The fourth-order valence-electron chi connectivity index (χ4n) is 1.46. The highest BCUT2D eigenvalue weighted by molar-refractivity contribution is 7.99. The molecule has 1 amide bonds. The maximum absolute atomic E-state index is 11.5. The van der Waals surface area contributed by atoms with Gasteiger partial charge in [-0.1, -0.05) is 11.6 Å². The van der Waals surface area contributed by atoms with Crippen molar-refractivity contribution in [2.45, 2.75) is 37.6 Å². The van der Waals surface area contributed by atoms with E-state index in [1.54, 1.807) is 23.9 Å². The maximum Gasteiger partial charge on any atom is 0.307 e. The van der Waals surface area contributed by atoms with Gasteiger partial charge < -0.3 is 10.1 Å². The van der Waals surface area contributed by atoms with Gasteiger partial charge in [-0.15, -0.1) is 11.8 Å². The standard InChI is InChI=1S/C15H20ClNO3S/c1-15(2,3)17-13(18)10-20-14(19)8-9-21-12-6-4-11(16)5-7-12/h4-7H,8-10H2,1-3H3,(H,17,18). The summed E-state index contributed by atoms with van der Waals surface area (Å²) in [6.45, 7) is 5.38. The summed E-state index contributed by atoms with van der Waals surface area (Å²) in [7, 11) is 0. The molecule has 4 nitrogen and oxygen atoms in total. The third kappa shape index (κ3) is 8.63. The van der Waals surface area contributed by atoms with Crippen molar-refractivity contribution in [3.05, 3.63) is 29.3 Å². The van der Waals surface area contributed by atoms with E-state index in [-0.39, 0.29) is 30.4 Å². The molecule has 0 aliphatic rings. The van der Waals surface area contributed by atoms with Crippen LogP contribution in [0.3, 0.4) is 0 Å². The summed E-state index contributed by atoms with van der Waals surface area (Å²) in [6.07, 6.45) is 0.260. The van der Waals surface area contributed by atoms with Crippen LogP contribution in [-0.4, -0.2) is 29.8 Å². The highest BCUT2D eigenvalue weighted by atomic mass is 35.5. The van der Waals surface area contributed by atoms with Crippen molar-refractivity contribution in [2.75, 3.05) is 12.4 Å². The molecule has 0 radical (unpaired) electrons. The van der Waals surface area contributed by atoms with Crippen LogP contribution in [0.4, 0.5) is 0 Å². The Morgan fingerprint density at radius 3 is 2.43 bits per heavy atom. The summed E-state index contributed by atoms with van der Waals surface area (Å²) < 4.78 is 4.92. The van der Waals surface area contributed by atoms with E-state index in [1.165, 1.54) is 0 Å². The lowest BCUT2D eigenvalue weighted by Crippen LogP contribution is -2.42. The van der Waals surface area contributed by atoms with Crippen LogP contribution < -0.4 is 5.32 Å². The van der Waals surface area contributed by atoms with E-state index in [9.17, 15) is 9.59 Å². The highest BCUT2D eigenvalue weighted by Crippen LogP contribution is 2.20. The molecule has 21 heavy (non-hydrogen) atoms. The number of hydrogen-bond acceptors (Lipinski definition) is 4. The number of carbonyl (C=O) groups is 2. The predicted molar refractivity (Wildman–Crippen MR) is 85.6 cm³/mol. The van der Waals surface area contributed by atoms with Crippen LogP contribution in [0.1, 0.15) is 27.2 Å². The minimum atomic E-state index is -0.375. The lowest BCUT2D eigenvalue weighted by atomic mass is 10.1. The molecule has 0 fully saturated rings. The Kier molecular flexibility index (Phi) is 7.05. The Morgan fingerprint density at radius 1 is 1.24 bits per heavy atom. The van der Waals surface area contributed by atoms with Gasteiger partial charge in [0, 0.05) is 21.2 Å². The van der Waals surface area contributed by atoms with Gasteiger partial charge in [-0.25, -0.2) is 0 Å². The summed E-state index contributed by atoms with van der Waals surface area (Å²) in [4.78, 5) is 24.0. The van der Waals surface area contributed by atoms with Gasteiger partial charge in [0.2, 0.25) is 0 Å². The second-order valence-electron chi connectivity index (χ2n) is 5.51. The summed E-state index contributed by atoms with van der Waals surface area (Å²) in [6, 6.07) is 7.41. The molecule has 1 aromatic rings. The molecular weight excluding hydrogens is 310 g/mol. The average Bonchev–Trinajstić information content (AvgIpc) is 2.37. The summed E-state index contributed by atoms with van der Waals surface area (Å²) in [5.74, 6) is -0.0665. The van der Waals surface area contributed by atoms with Crippen LogP contribution in [0.15, 0.2) is 29.2 Å². The van der Waals surface area contributed by atoms with Crippen LogP contribution >= 0.6 is 23.4 Å². The van der Waals surface area contributed by atoms with Gasteiger partial charge in [-0.2, -0.15) is 0 Å². The van der Waals surface area contributed by atoms with Gasteiger partial charge >= 0.3 is 5.97 Å². The van der Waals surface area contributed by atoms with Gasteiger partial charge in [-0.3, -0.25) is 9.59 Å². The number of benzene rings is 1. The second kappa shape index (κ2) is 8.29. The zero-order valence-electron chi connectivity index (χ0n) is 12.4. The Labute approximate surface area is 134 Å². The molecule has 0 spiro atoms. The van der Waals surface area contributed by atoms with Gasteiger partial charge in [0.15, 0.2) is 6.61 Å². The van der Waals surface area contributed by atoms with Crippen LogP contribution in [0.5, 0.6) is 0 Å². The first-order chi connectivity index (χ1) is 9.76. The van der Waals surface area contributed by atoms with E-state index in [2.05, 4.69) is 5.32 Å². The van der Waals surface area contributed by atoms with Crippen LogP contribution in [0, 0.1) is 0 Å². The first-order valence-electron chi connectivity index (χ1n) is 6.61. The molecule has 0 heterocycles. The summed E-state index contributed by atoms with van der Waals surface area (Å²) >= 11 is 7.33. The zero-order chi connectivity index (χ0) is 15.9. The number of rotatable bonds is 6. The molecule has 1 N–H and O–H groups in total. The zero-order valence-corrected chi connectivity index (χ0v) is 14.0. The molecule has 0 bridgehead atoms. The number of amides is 1. The molecule has 0 saturated carbocycles. The van der Waals surface area contributed by atoms with Crippen molar-refractivity contribution in [1.82, 2.24) is 5.32 Å². The summed E-state index contributed by atoms with van der Waals surface area (Å²) in [5, 5.41) is 3.41.